The molecule has 2 unspecified atom stereocenters. The van der Waals surface area contributed by atoms with Crippen molar-refractivity contribution < 1.29 is 14.4 Å². The molecule has 1 aliphatic heterocycles. The van der Waals surface area contributed by atoms with Crippen molar-refractivity contribution >= 4 is 41.0 Å². The first kappa shape index (κ1) is 21.4. The number of nitrogens with one attached hydrogen (secondary N) is 3. The molecule has 1 fully saturated rings. The van der Waals surface area contributed by atoms with Crippen molar-refractivity contribution in [3.63, 3.8) is 0 Å². The topological polar surface area (TPSA) is 113 Å². The third-order valence-electron chi connectivity index (χ3n) is 4.91. The number of nitrogens with zero attached hydrogens (tertiary/aromatic N) is 1. The van der Waals surface area contributed by atoms with Gasteiger partial charge >= 0.3 is 0 Å². The fraction of sp³-hybridized carbons (Fsp3) is 0.333. The minimum absolute atomic E-state index is 0.0853. The number of alkyl halides is 1. The van der Waals surface area contributed by atoms with Gasteiger partial charge in [0.25, 0.3) is 17.4 Å². The summed E-state index contributed by atoms with van der Waals surface area (Å²) in [5.41, 5.74) is 1.20. The molecule has 1 aliphatic carbocycles. The van der Waals surface area contributed by atoms with Gasteiger partial charge in [-0.1, -0.05) is 30.6 Å². The van der Waals surface area contributed by atoms with Crippen molar-refractivity contribution in [2.75, 3.05) is 6.54 Å². The molecule has 1 aromatic rings. The lowest BCUT2D eigenvalue weighted by molar-refractivity contribution is -0.136. The summed E-state index contributed by atoms with van der Waals surface area (Å²) < 4.78 is 1.20. The number of imide groups is 1. The van der Waals surface area contributed by atoms with E-state index in [1.165, 1.54) is 10.8 Å². The second-order valence-corrected chi connectivity index (χ2v) is 7.36. The highest BCUT2D eigenvalue weighted by Gasteiger charge is 2.31. The normalized spacial score (nSPS) is 21.3. The fourth-order valence-corrected chi connectivity index (χ4v) is 3.46. The maximum atomic E-state index is 13.1. The molecule has 2 aliphatic rings. The van der Waals surface area contributed by atoms with Crippen LogP contribution in [0, 0.1) is 11.8 Å². The quantitative estimate of drug-likeness (QED) is 0.359. The number of H-pyrrole nitrogens is 1. The number of hydrogen-bond acceptors (Lipinski definition) is 4. The van der Waals surface area contributed by atoms with E-state index in [0.717, 1.165) is 0 Å². The number of allylic oxidation sites excluding steroid dienone is 2. The average molecular weight is 429 g/mol. The van der Waals surface area contributed by atoms with Gasteiger partial charge in [-0.25, -0.2) is 4.68 Å². The molecule has 1 saturated heterocycles. The Morgan fingerprint density at radius 2 is 2.20 bits per heavy atom. The first-order valence-electron chi connectivity index (χ1n) is 9.45. The second kappa shape index (κ2) is 9.01. The number of amides is 3. The standard InChI is InChI=1S/C21H21ClN4O4/c1-3-12(11-23-19(28)13-5-7-14(22)8-6-13)18-15(4-2)25-26(21(18)30)16-9-10-17(27)24-20(16)29/h3-5,14,16,25H,2,7,9-11H2,1H3,(H,23,28)(H,24,27,29)/b12-3-. The molecule has 3 amide bonds. The number of halogens is 1. The van der Waals surface area contributed by atoms with Crippen molar-refractivity contribution in [2.45, 2.75) is 37.6 Å². The number of rotatable bonds is 6. The van der Waals surface area contributed by atoms with Gasteiger partial charge in [0.2, 0.25) is 5.91 Å². The average Bonchev–Trinajstić information content (AvgIpc) is 3.05. The maximum Gasteiger partial charge on any atom is 0.275 e. The minimum atomic E-state index is -0.818. The van der Waals surface area contributed by atoms with Gasteiger partial charge in [0.1, 0.15) is 6.04 Å². The summed E-state index contributed by atoms with van der Waals surface area (Å²) in [4.78, 5) is 49.0. The maximum absolute atomic E-state index is 13.1. The Bertz CT molecular complexity index is 1100. The van der Waals surface area contributed by atoms with Crippen LogP contribution in [0.4, 0.5) is 0 Å². The lowest BCUT2D eigenvalue weighted by Crippen LogP contribution is -2.44. The van der Waals surface area contributed by atoms with E-state index in [1.54, 1.807) is 19.1 Å². The number of hydrogen-bond donors (Lipinski definition) is 3. The molecule has 3 N–H and O–H groups in total. The molecule has 0 aromatic carbocycles. The summed E-state index contributed by atoms with van der Waals surface area (Å²) in [5, 5.41) is 7.60. The van der Waals surface area contributed by atoms with E-state index < -0.39 is 17.5 Å². The molecule has 0 bridgehead atoms. The molecule has 2 atom stereocenters. The Labute approximate surface area is 178 Å². The number of carbonyl (C=O) groups is 3. The van der Waals surface area contributed by atoms with Gasteiger partial charge in [0, 0.05) is 13.0 Å². The third-order valence-corrected chi connectivity index (χ3v) is 5.20. The van der Waals surface area contributed by atoms with Gasteiger partial charge in [-0.05, 0) is 31.4 Å². The number of aromatic nitrogens is 2. The van der Waals surface area contributed by atoms with Crippen LogP contribution in [0.2, 0.25) is 0 Å². The lowest BCUT2D eigenvalue weighted by Gasteiger charge is -2.21. The smallest absolute Gasteiger partial charge is 0.275 e. The zero-order valence-electron chi connectivity index (χ0n) is 16.4. The van der Waals surface area contributed by atoms with E-state index in [1.807, 2.05) is 0 Å². The Balaban J connectivity index is 1.83. The van der Waals surface area contributed by atoms with Crippen molar-refractivity contribution in [1.29, 1.82) is 0 Å². The summed E-state index contributed by atoms with van der Waals surface area (Å²) in [6, 6.07) is -0.818. The van der Waals surface area contributed by atoms with E-state index in [0.29, 0.717) is 28.8 Å². The summed E-state index contributed by atoms with van der Waals surface area (Å²) in [6.07, 6.45) is 5.72. The first-order valence-corrected chi connectivity index (χ1v) is 9.89. The Morgan fingerprint density at radius 1 is 1.43 bits per heavy atom. The van der Waals surface area contributed by atoms with Crippen molar-refractivity contribution in [1.82, 2.24) is 20.4 Å². The molecular formula is C21H21ClN4O4. The largest absolute Gasteiger partial charge is 0.347 e. The van der Waals surface area contributed by atoms with E-state index in [9.17, 15) is 19.2 Å². The van der Waals surface area contributed by atoms with E-state index in [-0.39, 0.29) is 36.6 Å². The van der Waals surface area contributed by atoms with Gasteiger partial charge in [-0.3, -0.25) is 29.6 Å². The highest BCUT2D eigenvalue weighted by Crippen LogP contribution is 2.21. The van der Waals surface area contributed by atoms with Crippen LogP contribution in [0.5, 0.6) is 0 Å². The molecule has 9 heteroatoms. The van der Waals surface area contributed by atoms with Gasteiger partial charge in [0.05, 0.1) is 22.2 Å². The zero-order valence-corrected chi connectivity index (χ0v) is 17.1. The molecule has 0 radical (unpaired) electrons. The SMILES string of the molecule is C=Cc1[nH]n(C2CCC(=O)NC2=O)c(=O)c1/C(=C\C)CNC(=O)C1=CCC(Cl)C#C1. The monoisotopic (exact) mass is 428 g/mol. The summed E-state index contributed by atoms with van der Waals surface area (Å²) in [6.45, 7) is 5.55. The Hall–Kier alpha value is -3.31. The minimum Gasteiger partial charge on any atom is -0.347 e. The molecular weight excluding hydrogens is 408 g/mol. The van der Waals surface area contributed by atoms with Gasteiger partial charge in [-0.15, -0.1) is 11.6 Å². The zero-order chi connectivity index (χ0) is 21.8. The molecule has 2 heterocycles. The highest BCUT2D eigenvalue weighted by molar-refractivity contribution is 6.23. The third kappa shape index (κ3) is 4.31. The highest BCUT2D eigenvalue weighted by atomic mass is 35.5. The molecule has 3 rings (SSSR count). The molecule has 8 nitrogen and oxygen atoms in total. The van der Waals surface area contributed by atoms with Crippen LogP contribution in [0.3, 0.4) is 0 Å². The Kier molecular flexibility index (Phi) is 6.43. The molecule has 1 aromatic heterocycles. The number of carbonyl (C=O) groups excluding carboxylic acids is 3. The molecule has 30 heavy (non-hydrogen) atoms. The molecule has 156 valence electrons. The molecule has 0 spiro atoms. The van der Waals surface area contributed by atoms with Crippen molar-refractivity contribution in [3.8, 4) is 11.8 Å². The first-order chi connectivity index (χ1) is 14.3. The van der Waals surface area contributed by atoms with Crippen LogP contribution in [0.1, 0.15) is 43.5 Å². The van der Waals surface area contributed by atoms with Crippen LogP contribution < -0.4 is 16.2 Å². The van der Waals surface area contributed by atoms with E-state index in [4.69, 9.17) is 11.6 Å². The summed E-state index contributed by atoms with van der Waals surface area (Å²) >= 11 is 5.90. The van der Waals surface area contributed by atoms with Gasteiger partial charge in [0.15, 0.2) is 0 Å². The van der Waals surface area contributed by atoms with Crippen LogP contribution in [-0.2, 0) is 14.4 Å². The van der Waals surface area contributed by atoms with Crippen LogP contribution in [0.25, 0.3) is 11.6 Å². The number of aromatic amines is 1. The summed E-state index contributed by atoms with van der Waals surface area (Å²) in [5.74, 6) is 4.23. The Morgan fingerprint density at radius 3 is 2.80 bits per heavy atom. The summed E-state index contributed by atoms with van der Waals surface area (Å²) in [7, 11) is 0. The van der Waals surface area contributed by atoms with Crippen molar-refractivity contribution in [2.24, 2.45) is 0 Å². The predicted octanol–water partition coefficient (Wildman–Crippen LogP) is 1.26. The van der Waals surface area contributed by atoms with Crippen LogP contribution in [-0.4, -0.2) is 39.4 Å². The van der Waals surface area contributed by atoms with Gasteiger partial charge < -0.3 is 5.32 Å². The van der Waals surface area contributed by atoms with E-state index >= 15 is 0 Å². The van der Waals surface area contributed by atoms with E-state index in [2.05, 4.69) is 34.2 Å². The number of piperidine rings is 1. The van der Waals surface area contributed by atoms with Gasteiger partial charge in [-0.2, -0.15) is 0 Å². The molecule has 0 saturated carbocycles. The lowest BCUT2D eigenvalue weighted by atomic mass is 10.0. The second-order valence-electron chi connectivity index (χ2n) is 6.83. The van der Waals surface area contributed by atoms with Crippen LogP contribution >= 0.6 is 11.6 Å². The predicted molar refractivity (Wildman–Crippen MR) is 113 cm³/mol. The fourth-order valence-electron chi connectivity index (χ4n) is 3.32. The van der Waals surface area contributed by atoms with Crippen LogP contribution in [0.15, 0.2) is 29.1 Å². The van der Waals surface area contributed by atoms with Crippen molar-refractivity contribution in [3.05, 3.63) is 45.9 Å².